The van der Waals surface area contributed by atoms with Crippen molar-refractivity contribution < 1.29 is 14.0 Å². The Balaban J connectivity index is 0.000000252. The highest BCUT2D eigenvalue weighted by atomic mass is 31.1. The molecular weight excluding hydrogens is 191 g/mol. The normalized spacial score (nSPS) is 15.5. The summed E-state index contributed by atoms with van der Waals surface area (Å²) < 4.78 is 13.1. The lowest BCUT2D eigenvalue weighted by molar-refractivity contribution is 0.308. The third kappa shape index (κ3) is 6.51. The van der Waals surface area contributed by atoms with Crippen molar-refractivity contribution in [1.29, 1.82) is 0 Å². The molecule has 1 heterocycles. The second kappa shape index (κ2) is 6.83. The summed E-state index contributed by atoms with van der Waals surface area (Å²) in [4.78, 5) is 12.1. The molecule has 0 fully saturated rings. The number of nitrogens with zero attached hydrogens (tertiary/aromatic N) is 2. The molecule has 1 rings (SSSR count). The summed E-state index contributed by atoms with van der Waals surface area (Å²) in [6, 6.07) is 0. The van der Waals surface area contributed by atoms with Gasteiger partial charge in [0.25, 0.3) is 0 Å². The fourth-order valence-corrected chi connectivity index (χ4v) is 0.794. The molecule has 0 saturated heterocycles. The third-order valence-corrected chi connectivity index (χ3v) is 1.81. The molecule has 0 radical (unpaired) electrons. The van der Waals surface area contributed by atoms with E-state index in [0.29, 0.717) is 0 Å². The van der Waals surface area contributed by atoms with Crippen molar-refractivity contribution in [2.75, 3.05) is 27.4 Å². The largest absolute Gasteiger partial charge is 0.694 e. The van der Waals surface area contributed by atoms with Gasteiger partial charge in [0.15, 0.2) is 0 Å². The summed E-state index contributed by atoms with van der Waals surface area (Å²) in [5, 5.41) is 0. The predicted molar refractivity (Wildman–Crippen MR) is 51.0 cm³/mol. The van der Waals surface area contributed by atoms with E-state index < -0.39 is 8.25 Å². The van der Waals surface area contributed by atoms with E-state index >= 15 is 0 Å². The van der Waals surface area contributed by atoms with Crippen LogP contribution in [0.1, 0.15) is 6.92 Å². The molecule has 5 nitrogen and oxygen atoms in total. The molecule has 0 amide bonds. The van der Waals surface area contributed by atoms with Crippen LogP contribution in [0.15, 0.2) is 12.4 Å². The summed E-state index contributed by atoms with van der Waals surface area (Å²) in [6.07, 6.45) is 4.20. The number of hydrogen-bond donors (Lipinski definition) is 1. The maximum atomic E-state index is 9.29. The maximum Gasteiger partial charge on any atom is 0.694 e. The molecule has 0 spiro atoms. The Kier molecular flexibility index (Phi) is 6.49. The van der Waals surface area contributed by atoms with Gasteiger partial charge in [-0.2, -0.15) is 0 Å². The maximum absolute atomic E-state index is 9.29. The quantitative estimate of drug-likeness (QED) is 0.683. The molecule has 0 aromatic rings. The van der Waals surface area contributed by atoms with Crippen LogP contribution in [0.5, 0.6) is 0 Å². The molecule has 1 N–H and O–H groups in total. The zero-order valence-electron chi connectivity index (χ0n) is 8.17. The molecule has 0 bridgehead atoms. The minimum Gasteiger partial charge on any atom is -0.362 e. The van der Waals surface area contributed by atoms with Gasteiger partial charge < -0.3 is 9.80 Å². The number of hydrogen-bond acceptors (Lipinski definition) is 4. The Morgan fingerprint density at radius 2 is 2.15 bits per heavy atom. The number of rotatable bonds is 2. The van der Waals surface area contributed by atoms with E-state index in [0.717, 1.165) is 13.2 Å². The average Bonchev–Trinajstić information content (AvgIpc) is 2.52. The van der Waals surface area contributed by atoms with Crippen molar-refractivity contribution in [3.05, 3.63) is 12.4 Å². The van der Waals surface area contributed by atoms with Gasteiger partial charge in [0.05, 0.1) is 13.8 Å². The molecular formula is C7H16N2O3P+. The van der Waals surface area contributed by atoms with E-state index in [4.69, 9.17) is 4.89 Å². The van der Waals surface area contributed by atoms with Gasteiger partial charge in [-0.25, -0.2) is 0 Å². The standard InChI is InChI=1S/C6H12N2.CH3O3P/c1-3-8-5-4-7(2)6-8;1-4-5(2)3/h4-5H,3,6H2,1-2H3;1H3/p+1. The third-order valence-electron chi connectivity index (χ3n) is 1.50. The predicted octanol–water partition coefficient (Wildman–Crippen LogP) is 0.965. The van der Waals surface area contributed by atoms with Crippen LogP contribution in [0.2, 0.25) is 0 Å². The Hall–Kier alpha value is -0.640. The second-order valence-corrected chi connectivity index (χ2v) is 3.36. The van der Waals surface area contributed by atoms with Crippen LogP contribution >= 0.6 is 8.25 Å². The van der Waals surface area contributed by atoms with E-state index in [2.05, 4.69) is 40.7 Å². The van der Waals surface area contributed by atoms with Crippen LogP contribution in [0.3, 0.4) is 0 Å². The van der Waals surface area contributed by atoms with Gasteiger partial charge in [-0.05, 0) is 6.92 Å². The van der Waals surface area contributed by atoms with E-state index in [9.17, 15) is 4.57 Å². The highest BCUT2D eigenvalue weighted by Crippen LogP contribution is 2.09. The molecule has 6 heteroatoms. The molecule has 0 aromatic carbocycles. The van der Waals surface area contributed by atoms with Crippen molar-refractivity contribution in [2.45, 2.75) is 6.92 Å². The van der Waals surface area contributed by atoms with E-state index in [1.54, 1.807) is 0 Å². The summed E-state index contributed by atoms with van der Waals surface area (Å²) >= 11 is 0. The van der Waals surface area contributed by atoms with E-state index in [1.807, 2.05) is 0 Å². The summed E-state index contributed by atoms with van der Waals surface area (Å²) in [5.41, 5.74) is 0. The van der Waals surface area contributed by atoms with Crippen LogP contribution in [0.4, 0.5) is 0 Å². The van der Waals surface area contributed by atoms with Crippen molar-refractivity contribution in [3.63, 3.8) is 0 Å². The highest BCUT2D eigenvalue weighted by molar-refractivity contribution is 7.32. The smallest absolute Gasteiger partial charge is 0.362 e. The van der Waals surface area contributed by atoms with Gasteiger partial charge in [-0.1, -0.05) is 0 Å². The fourth-order valence-electron chi connectivity index (χ4n) is 0.794. The molecule has 0 aromatic heterocycles. The fraction of sp³-hybridized carbons (Fsp3) is 0.714. The van der Waals surface area contributed by atoms with Crippen molar-refractivity contribution in [2.24, 2.45) is 0 Å². The zero-order chi connectivity index (χ0) is 10.3. The van der Waals surface area contributed by atoms with Crippen molar-refractivity contribution in [1.82, 2.24) is 9.80 Å². The molecule has 1 aliphatic heterocycles. The topological polar surface area (TPSA) is 53.0 Å². The Labute approximate surface area is 79.5 Å². The van der Waals surface area contributed by atoms with Gasteiger partial charge in [-0.3, -0.25) is 0 Å². The van der Waals surface area contributed by atoms with Crippen LogP contribution in [-0.4, -0.2) is 42.1 Å². The van der Waals surface area contributed by atoms with E-state index in [1.165, 1.54) is 7.11 Å². The average molecular weight is 207 g/mol. The first kappa shape index (κ1) is 12.4. The highest BCUT2D eigenvalue weighted by Gasteiger charge is 2.03. The first-order valence-corrected chi connectivity index (χ1v) is 5.06. The van der Waals surface area contributed by atoms with Gasteiger partial charge in [0.2, 0.25) is 0 Å². The Bertz CT molecular complexity index is 187. The lowest BCUT2D eigenvalue weighted by atomic mass is 10.6. The summed E-state index contributed by atoms with van der Waals surface area (Å²) in [5.74, 6) is 0. The summed E-state index contributed by atoms with van der Waals surface area (Å²) in [7, 11) is 0.893. The van der Waals surface area contributed by atoms with Gasteiger partial charge in [0, 0.05) is 30.6 Å². The SMILES string of the molecule is CCN1C=CN(C)C1.CO[P+](=O)O. The van der Waals surface area contributed by atoms with Crippen LogP contribution in [-0.2, 0) is 9.09 Å². The molecule has 13 heavy (non-hydrogen) atoms. The van der Waals surface area contributed by atoms with Crippen molar-refractivity contribution >= 4 is 8.25 Å². The monoisotopic (exact) mass is 207 g/mol. The first-order valence-electron chi connectivity index (χ1n) is 3.93. The Morgan fingerprint density at radius 1 is 1.62 bits per heavy atom. The van der Waals surface area contributed by atoms with E-state index in [-0.39, 0.29) is 0 Å². The van der Waals surface area contributed by atoms with Gasteiger partial charge in [-0.15, -0.1) is 9.42 Å². The molecule has 0 saturated carbocycles. The molecule has 0 aliphatic carbocycles. The molecule has 1 unspecified atom stereocenters. The minimum atomic E-state index is -2.35. The lowest BCUT2D eigenvalue weighted by Crippen LogP contribution is -2.21. The van der Waals surface area contributed by atoms with Gasteiger partial charge >= 0.3 is 8.25 Å². The minimum absolute atomic E-state index is 1.05. The van der Waals surface area contributed by atoms with Crippen LogP contribution in [0.25, 0.3) is 0 Å². The molecule has 1 aliphatic rings. The molecule has 76 valence electrons. The summed E-state index contributed by atoms with van der Waals surface area (Å²) in [6.45, 7) is 4.32. The van der Waals surface area contributed by atoms with Crippen molar-refractivity contribution in [3.8, 4) is 0 Å². The first-order chi connectivity index (χ1) is 6.10. The molecule has 1 atom stereocenters. The van der Waals surface area contributed by atoms with Gasteiger partial charge in [0.1, 0.15) is 0 Å². The van der Waals surface area contributed by atoms with Crippen LogP contribution in [0, 0.1) is 0 Å². The second-order valence-electron chi connectivity index (χ2n) is 2.52. The van der Waals surface area contributed by atoms with Crippen LogP contribution < -0.4 is 0 Å². The Morgan fingerprint density at radius 3 is 2.31 bits per heavy atom. The lowest BCUT2D eigenvalue weighted by Gasteiger charge is -2.14. The zero-order valence-corrected chi connectivity index (χ0v) is 9.07.